The third-order valence-electron chi connectivity index (χ3n) is 7.53. The first kappa shape index (κ1) is 26.1. The molecule has 0 bridgehead atoms. The Morgan fingerprint density at radius 3 is 2.27 bits per heavy atom. The molecular formula is C24H28N4O9. The van der Waals surface area contributed by atoms with E-state index in [2.05, 4.69) is 0 Å². The van der Waals surface area contributed by atoms with Gasteiger partial charge in [-0.1, -0.05) is 0 Å². The van der Waals surface area contributed by atoms with Crippen molar-refractivity contribution in [2.75, 3.05) is 33.1 Å². The fourth-order valence-electron chi connectivity index (χ4n) is 5.92. The number of amides is 2. The van der Waals surface area contributed by atoms with Crippen molar-refractivity contribution in [2.24, 2.45) is 17.6 Å². The zero-order chi connectivity index (χ0) is 27.7. The van der Waals surface area contributed by atoms with Crippen molar-refractivity contribution in [1.82, 2.24) is 10.4 Å². The van der Waals surface area contributed by atoms with Crippen molar-refractivity contribution in [3.63, 3.8) is 0 Å². The second kappa shape index (κ2) is 8.57. The Morgan fingerprint density at radius 1 is 1.14 bits per heavy atom. The van der Waals surface area contributed by atoms with E-state index in [0.29, 0.717) is 11.3 Å². The Hall–Kier alpha value is -3.94. The normalized spacial score (nSPS) is 27.1. The van der Waals surface area contributed by atoms with Crippen LogP contribution in [0.15, 0.2) is 23.0 Å². The van der Waals surface area contributed by atoms with Crippen molar-refractivity contribution < 1.29 is 44.8 Å². The van der Waals surface area contributed by atoms with Gasteiger partial charge in [0.25, 0.3) is 11.8 Å². The molecule has 1 fully saturated rings. The number of carbonyl (C=O) groups is 4. The molecule has 13 nitrogen and oxygen atoms in total. The number of aliphatic hydroxyl groups is 3. The van der Waals surface area contributed by atoms with Crippen LogP contribution in [0.2, 0.25) is 0 Å². The largest absolute Gasteiger partial charge is 0.508 e. The van der Waals surface area contributed by atoms with Gasteiger partial charge in [0.05, 0.1) is 17.2 Å². The number of nitrogens with one attached hydrogen (secondary N) is 1. The first-order chi connectivity index (χ1) is 17.2. The average molecular weight is 517 g/mol. The summed E-state index contributed by atoms with van der Waals surface area (Å²) >= 11 is 0. The lowest BCUT2D eigenvalue weighted by Crippen LogP contribution is -2.65. The average Bonchev–Trinajstić information content (AvgIpc) is 2.80. The number of hydrogen-bond acceptors (Lipinski definition) is 11. The number of carbonyl (C=O) groups excluding carboxylic acids is 4. The van der Waals surface area contributed by atoms with Crippen LogP contribution >= 0.6 is 0 Å². The van der Waals surface area contributed by atoms with Crippen LogP contribution in [0.3, 0.4) is 0 Å². The molecule has 3 aliphatic rings. The minimum atomic E-state index is -2.76. The number of aromatic hydroxyl groups is 1. The molecule has 0 saturated heterocycles. The molecule has 0 unspecified atom stereocenters. The Bertz CT molecular complexity index is 1330. The summed E-state index contributed by atoms with van der Waals surface area (Å²) in [7, 11) is 6.35. The Labute approximate surface area is 211 Å². The lowest BCUT2D eigenvalue weighted by Gasteiger charge is -2.50. The minimum absolute atomic E-state index is 0.0573. The number of likely N-dealkylation sites (N-methyl/N-ethyl adjacent to an activating group) is 1. The van der Waals surface area contributed by atoms with Crippen molar-refractivity contribution in [3.05, 3.63) is 39.7 Å². The Kier molecular flexibility index (Phi) is 6.06. The molecule has 4 rings (SSSR count). The smallest absolute Gasteiger partial charge is 0.278 e. The van der Waals surface area contributed by atoms with Crippen molar-refractivity contribution in [3.8, 4) is 5.75 Å². The van der Waals surface area contributed by atoms with Gasteiger partial charge in [0.1, 0.15) is 22.8 Å². The van der Waals surface area contributed by atoms with Gasteiger partial charge in [-0.2, -0.15) is 0 Å². The molecule has 37 heavy (non-hydrogen) atoms. The van der Waals surface area contributed by atoms with E-state index in [4.69, 9.17) is 10.9 Å². The van der Waals surface area contributed by atoms with Crippen LogP contribution in [0, 0.1) is 11.8 Å². The molecule has 2 amide bonds. The SMILES string of the molecule is CN(C)c1cc(C(=O)NO)c(O)c2c1C[C@H]1C[C@H]3[C@H](N(C)C)C(=O)C(C(N)=O)=C(O)[C@@]3(O)C(=O)C1=C2O. The van der Waals surface area contributed by atoms with Gasteiger partial charge >= 0.3 is 0 Å². The van der Waals surface area contributed by atoms with Gasteiger partial charge in [0, 0.05) is 31.3 Å². The molecule has 0 heterocycles. The number of Topliss-reactive ketones (excluding diaryl/α,β-unsaturated/α-hetero) is 2. The third kappa shape index (κ3) is 3.42. The number of hydroxylamine groups is 1. The molecule has 1 aromatic carbocycles. The quantitative estimate of drug-likeness (QED) is 0.149. The number of phenolic OH excluding ortho intramolecular Hbond substituents is 1. The van der Waals surface area contributed by atoms with Gasteiger partial charge in [-0.3, -0.25) is 29.3 Å². The van der Waals surface area contributed by atoms with Crippen molar-refractivity contribution in [1.29, 1.82) is 0 Å². The van der Waals surface area contributed by atoms with Gasteiger partial charge < -0.3 is 31.1 Å². The zero-order valence-corrected chi connectivity index (χ0v) is 20.6. The maximum Gasteiger partial charge on any atom is 0.278 e. The van der Waals surface area contributed by atoms with E-state index in [9.17, 15) is 39.6 Å². The molecule has 1 aromatic rings. The highest BCUT2D eigenvalue weighted by atomic mass is 16.5. The third-order valence-corrected chi connectivity index (χ3v) is 7.53. The lowest BCUT2D eigenvalue weighted by atomic mass is 9.57. The standard InChI is InChI=1S/C24H28N4O9/c1-27(2)12-7-10(23(35)26-37)17(29)14-9(12)5-8-6-11-16(28(3)4)19(31)15(22(25)34)21(33)24(11,36)20(32)13(8)18(14)30/h7-8,11,16,29-30,33,36-37H,5-6H2,1-4H3,(H2,25,34)(H,26,35)/t8-,11-,16-,24-/m0/s1. The molecule has 4 atom stereocenters. The van der Waals surface area contributed by atoms with Crippen LogP contribution in [0.1, 0.15) is 27.9 Å². The molecule has 0 aliphatic heterocycles. The summed E-state index contributed by atoms with van der Waals surface area (Å²) in [6.45, 7) is 0. The topological polar surface area (TPSA) is 214 Å². The predicted octanol–water partition coefficient (Wildman–Crippen LogP) is -0.851. The number of hydrogen-bond donors (Lipinski definition) is 7. The van der Waals surface area contributed by atoms with E-state index in [-0.39, 0.29) is 29.5 Å². The van der Waals surface area contributed by atoms with Gasteiger partial charge in [-0.25, -0.2) is 5.48 Å². The summed E-state index contributed by atoms with van der Waals surface area (Å²) in [4.78, 5) is 54.2. The minimum Gasteiger partial charge on any atom is -0.508 e. The highest BCUT2D eigenvalue weighted by molar-refractivity contribution is 6.24. The van der Waals surface area contributed by atoms with E-state index >= 15 is 0 Å². The monoisotopic (exact) mass is 516 g/mol. The number of anilines is 1. The number of ketones is 2. The molecule has 1 saturated carbocycles. The van der Waals surface area contributed by atoms with Crippen LogP contribution in [-0.4, -0.2) is 93.7 Å². The van der Waals surface area contributed by atoms with E-state index in [1.165, 1.54) is 30.5 Å². The van der Waals surface area contributed by atoms with E-state index in [1.807, 2.05) is 0 Å². The van der Waals surface area contributed by atoms with E-state index < -0.39 is 69.7 Å². The number of benzene rings is 1. The Morgan fingerprint density at radius 2 is 1.76 bits per heavy atom. The lowest BCUT2D eigenvalue weighted by molar-refractivity contribution is -0.153. The maximum absolute atomic E-state index is 13.8. The van der Waals surface area contributed by atoms with Crippen LogP contribution in [-0.2, 0) is 20.8 Å². The number of aliphatic hydroxyl groups excluding tert-OH is 2. The van der Waals surface area contributed by atoms with Crippen molar-refractivity contribution in [2.45, 2.75) is 24.5 Å². The number of nitrogens with zero attached hydrogens (tertiary/aromatic N) is 2. The summed E-state index contributed by atoms with van der Waals surface area (Å²) < 4.78 is 0. The summed E-state index contributed by atoms with van der Waals surface area (Å²) in [5.41, 5.74) is 2.89. The van der Waals surface area contributed by atoms with Crippen LogP contribution < -0.4 is 16.1 Å². The van der Waals surface area contributed by atoms with Crippen LogP contribution in [0.4, 0.5) is 5.69 Å². The van der Waals surface area contributed by atoms with Gasteiger partial charge in [-0.15, -0.1) is 0 Å². The van der Waals surface area contributed by atoms with Crippen LogP contribution in [0.5, 0.6) is 5.75 Å². The highest BCUT2D eigenvalue weighted by Gasteiger charge is 2.64. The maximum atomic E-state index is 13.8. The molecular weight excluding hydrogens is 488 g/mol. The number of primary amides is 1. The highest BCUT2D eigenvalue weighted by Crippen LogP contribution is 2.54. The Balaban J connectivity index is 2.02. The first-order valence-corrected chi connectivity index (χ1v) is 11.3. The number of phenols is 1. The van der Waals surface area contributed by atoms with Gasteiger partial charge in [0.2, 0.25) is 5.78 Å². The molecule has 0 spiro atoms. The first-order valence-electron chi connectivity index (χ1n) is 11.3. The summed E-state index contributed by atoms with van der Waals surface area (Å²) in [6.07, 6.45) is 0.00884. The zero-order valence-electron chi connectivity index (χ0n) is 20.6. The molecule has 198 valence electrons. The van der Waals surface area contributed by atoms with Crippen LogP contribution in [0.25, 0.3) is 5.76 Å². The molecule has 0 radical (unpaired) electrons. The molecule has 13 heteroatoms. The van der Waals surface area contributed by atoms with Gasteiger partial charge in [0.15, 0.2) is 11.4 Å². The number of rotatable bonds is 4. The fourth-order valence-corrected chi connectivity index (χ4v) is 5.92. The molecule has 0 aromatic heterocycles. The predicted molar refractivity (Wildman–Crippen MR) is 128 cm³/mol. The summed E-state index contributed by atoms with van der Waals surface area (Å²) in [5, 5.41) is 53.8. The fraction of sp³-hybridized carbons (Fsp3) is 0.417. The number of nitrogens with two attached hydrogens (primary N) is 1. The summed E-state index contributed by atoms with van der Waals surface area (Å²) in [6, 6.07) is 0.134. The van der Waals surface area contributed by atoms with E-state index in [0.717, 1.165) is 0 Å². The van der Waals surface area contributed by atoms with Gasteiger partial charge in [-0.05, 0) is 44.5 Å². The molecule has 3 aliphatic carbocycles. The molecule has 8 N–H and O–H groups in total. The second-order valence-corrected chi connectivity index (χ2v) is 9.94. The number of fused-ring (bicyclic) bond motifs is 3. The summed E-state index contributed by atoms with van der Waals surface area (Å²) in [5.74, 6) is -8.95. The van der Waals surface area contributed by atoms with Crippen molar-refractivity contribution >= 4 is 34.8 Å². The second-order valence-electron chi connectivity index (χ2n) is 9.94. The van der Waals surface area contributed by atoms with E-state index in [1.54, 1.807) is 19.0 Å².